The number of aromatic nitrogens is 2. The number of rotatable bonds is 7. The van der Waals surface area contributed by atoms with Crippen LogP contribution in [-0.4, -0.2) is 58.3 Å². The molecule has 11 heteroatoms. The maximum Gasteiger partial charge on any atom is 0.246 e. The lowest BCUT2D eigenvalue weighted by Crippen LogP contribution is -2.48. The molecule has 0 aliphatic carbocycles. The van der Waals surface area contributed by atoms with E-state index in [0.717, 1.165) is 12.8 Å². The number of piperidine rings is 1. The van der Waals surface area contributed by atoms with Crippen LogP contribution >= 0.6 is 23.2 Å². The van der Waals surface area contributed by atoms with Crippen molar-refractivity contribution in [3.63, 3.8) is 0 Å². The summed E-state index contributed by atoms with van der Waals surface area (Å²) in [7, 11) is 0. The lowest BCUT2D eigenvalue weighted by Gasteiger charge is -2.38. The minimum atomic E-state index is -0.677. The molecule has 0 spiro atoms. The van der Waals surface area contributed by atoms with Gasteiger partial charge in [-0.3, -0.25) is 4.79 Å². The zero-order valence-corrected chi connectivity index (χ0v) is 21.8. The predicted octanol–water partition coefficient (Wildman–Crippen LogP) is 5.68. The molecule has 3 atom stereocenters. The molecule has 3 aliphatic heterocycles. The Kier molecular flexibility index (Phi) is 6.75. The average Bonchev–Trinajstić information content (AvgIpc) is 3.16. The van der Waals surface area contributed by atoms with Crippen molar-refractivity contribution in [2.45, 2.75) is 50.0 Å². The van der Waals surface area contributed by atoms with Crippen molar-refractivity contribution in [2.75, 3.05) is 18.5 Å². The Hall–Kier alpha value is -3.14. The van der Waals surface area contributed by atoms with E-state index in [1.54, 1.807) is 6.07 Å². The van der Waals surface area contributed by atoms with Gasteiger partial charge in [-0.1, -0.05) is 29.8 Å². The second-order valence-corrected chi connectivity index (χ2v) is 10.5. The van der Waals surface area contributed by atoms with Crippen LogP contribution in [0.15, 0.2) is 43.2 Å². The SMILES string of the molecule is C=CC(=O)N1[C@@H]2CC[C@H]1C[C@H](Oc1cc3c(Nc4ccc(Cl)c(Cl)c4F)ncnc3cc1OC1COC1)C2. The van der Waals surface area contributed by atoms with Gasteiger partial charge in [0.15, 0.2) is 17.3 Å². The van der Waals surface area contributed by atoms with E-state index in [9.17, 15) is 9.18 Å². The van der Waals surface area contributed by atoms with Gasteiger partial charge in [0.25, 0.3) is 0 Å². The third kappa shape index (κ3) is 4.63. The highest BCUT2D eigenvalue weighted by Crippen LogP contribution is 2.42. The van der Waals surface area contributed by atoms with Crippen LogP contribution in [0.1, 0.15) is 25.7 Å². The Balaban J connectivity index is 1.33. The van der Waals surface area contributed by atoms with Crippen LogP contribution < -0.4 is 14.8 Å². The van der Waals surface area contributed by atoms with E-state index >= 15 is 0 Å². The van der Waals surface area contributed by atoms with Gasteiger partial charge in [-0.25, -0.2) is 14.4 Å². The number of hydrogen-bond acceptors (Lipinski definition) is 7. The monoisotopic (exact) mass is 558 g/mol. The molecule has 6 rings (SSSR count). The van der Waals surface area contributed by atoms with E-state index in [-0.39, 0.29) is 45.9 Å². The van der Waals surface area contributed by atoms with E-state index in [0.29, 0.717) is 54.3 Å². The van der Waals surface area contributed by atoms with Gasteiger partial charge in [-0.15, -0.1) is 0 Å². The normalized spacial score (nSPS) is 22.7. The summed E-state index contributed by atoms with van der Waals surface area (Å²) in [4.78, 5) is 23.1. The molecule has 3 saturated heterocycles. The molecule has 1 aromatic heterocycles. The molecule has 1 amide bonds. The van der Waals surface area contributed by atoms with Crippen molar-refractivity contribution >= 4 is 51.5 Å². The third-order valence-electron chi connectivity index (χ3n) is 7.30. The number of carbonyl (C=O) groups excluding carboxylic acids is 1. The van der Waals surface area contributed by atoms with E-state index in [1.807, 2.05) is 11.0 Å². The highest BCUT2D eigenvalue weighted by molar-refractivity contribution is 6.42. The number of hydrogen-bond donors (Lipinski definition) is 1. The molecule has 8 nitrogen and oxygen atoms in total. The summed E-state index contributed by atoms with van der Waals surface area (Å²) in [6, 6.07) is 6.85. The number of halogens is 3. The van der Waals surface area contributed by atoms with E-state index < -0.39 is 5.82 Å². The standard InChI is InChI=1S/C27H25Cl2FN4O4/c1-2-24(35)34-14-3-4-15(34)8-16(7-14)37-22-9-18-21(10-23(22)38-17-11-36-12-17)31-13-32-27(18)33-20-6-5-19(28)25(29)26(20)30/h2,5-6,9-10,13-17H,1,3-4,7-8,11-12H2,(H,31,32,33)/t14-,15+,16-. The topological polar surface area (TPSA) is 85.8 Å². The van der Waals surface area contributed by atoms with Gasteiger partial charge in [-0.2, -0.15) is 0 Å². The molecular formula is C27H25Cl2FN4O4. The fourth-order valence-corrected chi connectivity index (χ4v) is 5.74. The van der Waals surface area contributed by atoms with Gasteiger partial charge in [0.05, 0.1) is 34.5 Å². The molecule has 3 fully saturated rings. The molecule has 0 saturated carbocycles. The Labute approximate surface area is 228 Å². The second kappa shape index (κ2) is 10.2. The number of fused-ring (bicyclic) bond motifs is 3. The van der Waals surface area contributed by atoms with E-state index in [4.69, 9.17) is 37.4 Å². The molecule has 2 bridgehead atoms. The minimum Gasteiger partial charge on any atom is -0.486 e. The zero-order chi connectivity index (χ0) is 26.4. The maximum atomic E-state index is 14.8. The maximum absolute atomic E-state index is 14.8. The van der Waals surface area contributed by atoms with Gasteiger partial charge in [0.2, 0.25) is 5.91 Å². The summed E-state index contributed by atoms with van der Waals surface area (Å²) in [6.45, 7) is 4.64. The van der Waals surface area contributed by atoms with Crippen LogP contribution in [0.5, 0.6) is 11.5 Å². The van der Waals surface area contributed by atoms with Crippen molar-refractivity contribution < 1.29 is 23.4 Å². The number of ether oxygens (including phenoxy) is 3. The largest absolute Gasteiger partial charge is 0.486 e. The van der Waals surface area contributed by atoms with Crippen LogP contribution in [0.2, 0.25) is 10.0 Å². The lowest BCUT2D eigenvalue weighted by atomic mass is 9.99. The second-order valence-electron chi connectivity index (χ2n) is 9.71. The molecule has 0 unspecified atom stereocenters. The van der Waals surface area contributed by atoms with Gasteiger partial charge >= 0.3 is 0 Å². The first kappa shape index (κ1) is 25.2. The number of nitrogens with one attached hydrogen (secondary N) is 1. The number of benzene rings is 2. The van der Waals surface area contributed by atoms with Gasteiger partial charge < -0.3 is 24.4 Å². The minimum absolute atomic E-state index is 0.0296. The predicted molar refractivity (Wildman–Crippen MR) is 142 cm³/mol. The molecule has 3 aliphatic rings. The van der Waals surface area contributed by atoms with Crippen LogP contribution in [0, 0.1) is 5.82 Å². The smallest absolute Gasteiger partial charge is 0.246 e. The lowest BCUT2D eigenvalue weighted by molar-refractivity contribution is -0.131. The fourth-order valence-electron chi connectivity index (χ4n) is 5.43. The summed E-state index contributed by atoms with van der Waals surface area (Å²) in [6.07, 6.45) is 5.91. The Bertz CT molecular complexity index is 1410. The van der Waals surface area contributed by atoms with Gasteiger partial charge in [0, 0.05) is 36.4 Å². The summed E-state index contributed by atoms with van der Waals surface area (Å²) in [5.41, 5.74) is 0.724. The molecule has 1 N–H and O–H groups in total. The van der Waals surface area contributed by atoms with Crippen LogP contribution in [0.3, 0.4) is 0 Å². The Morgan fingerprint density at radius 3 is 2.50 bits per heavy atom. The van der Waals surface area contributed by atoms with E-state index in [1.165, 1.54) is 24.5 Å². The zero-order valence-electron chi connectivity index (χ0n) is 20.3. The van der Waals surface area contributed by atoms with Crippen LogP contribution in [-0.2, 0) is 9.53 Å². The third-order valence-corrected chi connectivity index (χ3v) is 8.08. The van der Waals surface area contributed by atoms with Crippen molar-refractivity contribution in [3.8, 4) is 11.5 Å². The molecule has 2 aromatic carbocycles. The average molecular weight is 559 g/mol. The molecule has 4 heterocycles. The Morgan fingerprint density at radius 1 is 1.11 bits per heavy atom. The first-order valence-corrected chi connectivity index (χ1v) is 13.2. The number of carbonyl (C=O) groups is 1. The number of nitrogens with zero attached hydrogens (tertiary/aromatic N) is 3. The van der Waals surface area contributed by atoms with Gasteiger partial charge in [-0.05, 0) is 37.1 Å². The van der Waals surface area contributed by atoms with Crippen molar-refractivity contribution in [3.05, 3.63) is 59.1 Å². The van der Waals surface area contributed by atoms with Crippen molar-refractivity contribution in [2.24, 2.45) is 0 Å². The summed E-state index contributed by atoms with van der Waals surface area (Å²) < 4.78 is 32.8. The highest BCUT2D eigenvalue weighted by atomic mass is 35.5. The quantitative estimate of drug-likeness (QED) is 0.294. The highest BCUT2D eigenvalue weighted by Gasteiger charge is 2.43. The fraction of sp³-hybridized carbons (Fsp3) is 0.370. The summed E-state index contributed by atoms with van der Waals surface area (Å²) >= 11 is 11.9. The number of anilines is 2. The molecule has 38 heavy (non-hydrogen) atoms. The van der Waals surface area contributed by atoms with Crippen molar-refractivity contribution in [1.29, 1.82) is 0 Å². The summed E-state index contributed by atoms with van der Waals surface area (Å²) in [5.74, 6) is 0.752. The van der Waals surface area contributed by atoms with Crippen molar-refractivity contribution in [1.82, 2.24) is 14.9 Å². The summed E-state index contributed by atoms with van der Waals surface area (Å²) in [5, 5.41) is 3.57. The van der Waals surface area contributed by atoms with Gasteiger partial charge in [0.1, 0.15) is 24.4 Å². The first-order chi connectivity index (χ1) is 18.4. The molecule has 198 valence electrons. The van der Waals surface area contributed by atoms with Crippen LogP contribution in [0.25, 0.3) is 10.9 Å². The number of amides is 1. The first-order valence-electron chi connectivity index (χ1n) is 12.5. The Morgan fingerprint density at radius 2 is 1.82 bits per heavy atom. The van der Waals surface area contributed by atoms with Crippen LogP contribution in [0.4, 0.5) is 15.9 Å². The molecule has 0 radical (unpaired) electrons. The molecular weight excluding hydrogens is 534 g/mol. The molecule has 3 aromatic rings. The van der Waals surface area contributed by atoms with E-state index in [2.05, 4.69) is 21.9 Å².